The standard InChI is InChI=1S/C17H19N3O3/c1-11-9-18-16(19-11)12-5-6-20(10-12)17(21)13-3-2-4-14-15(13)23-8-7-22-14/h2-4,9,12H,5-8,10H2,1H3,(H,18,19). The second kappa shape index (κ2) is 5.61. The van der Waals surface area contributed by atoms with Crippen LogP contribution in [0.15, 0.2) is 24.4 Å². The number of likely N-dealkylation sites (tertiary alicyclic amines) is 1. The quantitative estimate of drug-likeness (QED) is 0.922. The van der Waals surface area contributed by atoms with E-state index in [0.29, 0.717) is 36.8 Å². The minimum absolute atomic E-state index is 0.00173. The molecule has 3 heterocycles. The summed E-state index contributed by atoms with van der Waals surface area (Å²) in [6, 6.07) is 5.48. The number of hydrogen-bond acceptors (Lipinski definition) is 4. The van der Waals surface area contributed by atoms with Gasteiger partial charge in [-0.3, -0.25) is 4.79 Å². The number of aromatic nitrogens is 2. The lowest BCUT2D eigenvalue weighted by molar-refractivity contribution is 0.0780. The number of carbonyl (C=O) groups is 1. The molecule has 1 amide bonds. The summed E-state index contributed by atoms with van der Waals surface area (Å²) in [5.41, 5.74) is 1.63. The fraction of sp³-hybridized carbons (Fsp3) is 0.412. The molecule has 1 aromatic heterocycles. The number of imidazole rings is 1. The van der Waals surface area contributed by atoms with Crippen LogP contribution in [0.1, 0.15) is 34.2 Å². The van der Waals surface area contributed by atoms with Crippen LogP contribution in [0.25, 0.3) is 0 Å². The molecule has 4 rings (SSSR count). The molecule has 2 aliphatic heterocycles. The van der Waals surface area contributed by atoms with Crippen molar-refractivity contribution in [3.8, 4) is 11.5 Å². The Labute approximate surface area is 134 Å². The largest absolute Gasteiger partial charge is 0.486 e. The van der Waals surface area contributed by atoms with E-state index in [-0.39, 0.29) is 11.8 Å². The topological polar surface area (TPSA) is 67.5 Å². The Balaban J connectivity index is 1.54. The third kappa shape index (κ3) is 2.54. The van der Waals surface area contributed by atoms with Gasteiger partial charge in [0.15, 0.2) is 11.5 Å². The van der Waals surface area contributed by atoms with Gasteiger partial charge in [0, 0.05) is 30.9 Å². The zero-order valence-electron chi connectivity index (χ0n) is 13.0. The number of rotatable bonds is 2. The van der Waals surface area contributed by atoms with Crippen LogP contribution in [0.4, 0.5) is 0 Å². The van der Waals surface area contributed by atoms with Crippen LogP contribution in [-0.4, -0.2) is 47.1 Å². The number of carbonyl (C=O) groups excluding carboxylic acids is 1. The Bertz CT molecular complexity index is 740. The minimum Gasteiger partial charge on any atom is -0.486 e. The molecule has 6 nitrogen and oxygen atoms in total. The normalized spacial score (nSPS) is 19.9. The number of nitrogens with one attached hydrogen (secondary N) is 1. The predicted molar refractivity (Wildman–Crippen MR) is 84.0 cm³/mol. The predicted octanol–water partition coefficient (Wildman–Crippen LogP) is 2.12. The summed E-state index contributed by atoms with van der Waals surface area (Å²) in [5.74, 6) is 2.45. The number of hydrogen-bond donors (Lipinski definition) is 1. The average molecular weight is 313 g/mol. The summed E-state index contributed by atoms with van der Waals surface area (Å²) in [4.78, 5) is 22.4. The van der Waals surface area contributed by atoms with Gasteiger partial charge in [-0.2, -0.15) is 0 Å². The second-order valence-corrected chi connectivity index (χ2v) is 6.02. The van der Waals surface area contributed by atoms with Crippen LogP contribution in [0.3, 0.4) is 0 Å². The van der Waals surface area contributed by atoms with Gasteiger partial charge in [0.25, 0.3) is 5.91 Å². The summed E-state index contributed by atoms with van der Waals surface area (Å²) in [5, 5.41) is 0. The maximum Gasteiger partial charge on any atom is 0.257 e. The van der Waals surface area contributed by atoms with Crippen molar-refractivity contribution in [1.29, 1.82) is 0 Å². The number of nitrogens with zero attached hydrogens (tertiary/aromatic N) is 2. The van der Waals surface area contributed by atoms with Gasteiger partial charge in [-0.15, -0.1) is 0 Å². The van der Waals surface area contributed by atoms with E-state index in [1.165, 1.54) is 0 Å². The van der Waals surface area contributed by atoms with E-state index in [1.807, 2.05) is 30.2 Å². The van der Waals surface area contributed by atoms with E-state index < -0.39 is 0 Å². The summed E-state index contributed by atoms with van der Waals surface area (Å²) < 4.78 is 11.2. The number of ether oxygens (including phenoxy) is 2. The lowest BCUT2D eigenvalue weighted by Gasteiger charge is -2.23. The van der Waals surface area contributed by atoms with Crippen molar-refractivity contribution in [2.24, 2.45) is 0 Å². The number of aromatic amines is 1. The Kier molecular flexibility index (Phi) is 3.44. The average Bonchev–Trinajstić information content (AvgIpc) is 3.22. The SMILES string of the molecule is Cc1cnc(C2CCN(C(=O)c3cccc4c3OCCO4)C2)[nH]1. The van der Waals surface area contributed by atoms with E-state index in [9.17, 15) is 4.79 Å². The number of fused-ring (bicyclic) bond motifs is 1. The highest BCUT2D eigenvalue weighted by Gasteiger charge is 2.32. The van der Waals surface area contributed by atoms with Gasteiger partial charge >= 0.3 is 0 Å². The molecule has 1 saturated heterocycles. The zero-order valence-corrected chi connectivity index (χ0v) is 13.0. The molecule has 1 atom stereocenters. The summed E-state index contributed by atoms with van der Waals surface area (Å²) in [6.07, 6.45) is 2.75. The molecule has 1 aromatic carbocycles. The van der Waals surface area contributed by atoms with Gasteiger partial charge < -0.3 is 19.4 Å². The third-order valence-electron chi connectivity index (χ3n) is 4.38. The molecular formula is C17H19N3O3. The lowest BCUT2D eigenvalue weighted by atomic mass is 10.1. The Morgan fingerprint density at radius 3 is 3.04 bits per heavy atom. The van der Waals surface area contributed by atoms with Crippen molar-refractivity contribution in [2.75, 3.05) is 26.3 Å². The lowest BCUT2D eigenvalue weighted by Crippen LogP contribution is -2.30. The fourth-order valence-electron chi connectivity index (χ4n) is 3.22. The van der Waals surface area contributed by atoms with Crippen LogP contribution in [0.2, 0.25) is 0 Å². The number of para-hydroxylation sites is 1. The first-order chi connectivity index (χ1) is 11.2. The number of amides is 1. The molecule has 2 aliphatic rings. The van der Waals surface area contributed by atoms with Gasteiger partial charge in [-0.05, 0) is 25.5 Å². The maximum atomic E-state index is 12.9. The van der Waals surface area contributed by atoms with Crippen LogP contribution < -0.4 is 9.47 Å². The Morgan fingerprint density at radius 2 is 2.22 bits per heavy atom. The first-order valence-electron chi connectivity index (χ1n) is 7.92. The number of H-pyrrole nitrogens is 1. The molecule has 120 valence electrons. The van der Waals surface area contributed by atoms with Gasteiger partial charge in [0.05, 0.1) is 5.56 Å². The van der Waals surface area contributed by atoms with Crippen molar-refractivity contribution in [3.63, 3.8) is 0 Å². The van der Waals surface area contributed by atoms with Crippen LogP contribution in [0.5, 0.6) is 11.5 Å². The first-order valence-corrected chi connectivity index (χ1v) is 7.92. The Hall–Kier alpha value is -2.50. The molecule has 1 unspecified atom stereocenters. The summed E-state index contributed by atoms with van der Waals surface area (Å²) in [7, 11) is 0. The number of benzene rings is 1. The van der Waals surface area contributed by atoms with Crippen LogP contribution in [-0.2, 0) is 0 Å². The van der Waals surface area contributed by atoms with Gasteiger partial charge in [-0.1, -0.05) is 6.07 Å². The van der Waals surface area contributed by atoms with Crippen molar-refractivity contribution >= 4 is 5.91 Å². The van der Waals surface area contributed by atoms with Crippen LogP contribution >= 0.6 is 0 Å². The third-order valence-corrected chi connectivity index (χ3v) is 4.38. The second-order valence-electron chi connectivity index (χ2n) is 6.02. The molecule has 0 bridgehead atoms. The molecule has 6 heteroatoms. The van der Waals surface area contributed by atoms with E-state index in [0.717, 1.165) is 24.5 Å². The molecule has 0 saturated carbocycles. The smallest absolute Gasteiger partial charge is 0.257 e. The van der Waals surface area contributed by atoms with Gasteiger partial charge in [-0.25, -0.2) is 4.98 Å². The minimum atomic E-state index is -0.00173. The highest BCUT2D eigenvalue weighted by Crippen LogP contribution is 2.35. The van der Waals surface area contributed by atoms with Gasteiger partial charge in [0.1, 0.15) is 19.0 Å². The molecule has 0 radical (unpaired) electrons. The summed E-state index contributed by atoms with van der Waals surface area (Å²) >= 11 is 0. The highest BCUT2D eigenvalue weighted by molar-refractivity contribution is 5.98. The van der Waals surface area contributed by atoms with E-state index in [2.05, 4.69) is 9.97 Å². The molecule has 23 heavy (non-hydrogen) atoms. The highest BCUT2D eigenvalue weighted by atomic mass is 16.6. The molecule has 0 spiro atoms. The zero-order chi connectivity index (χ0) is 15.8. The molecule has 1 N–H and O–H groups in total. The van der Waals surface area contributed by atoms with E-state index in [1.54, 1.807) is 6.07 Å². The van der Waals surface area contributed by atoms with Crippen molar-refractivity contribution in [3.05, 3.63) is 41.5 Å². The van der Waals surface area contributed by atoms with Crippen LogP contribution in [0, 0.1) is 6.92 Å². The number of aryl methyl sites for hydroxylation is 1. The maximum absolute atomic E-state index is 12.9. The van der Waals surface area contributed by atoms with E-state index in [4.69, 9.17) is 9.47 Å². The molecule has 0 aliphatic carbocycles. The molecular weight excluding hydrogens is 294 g/mol. The first kappa shape index (κ1) is 14.1. The summed E-state index contributed by atoms with van der Waals surface area (Å²) in [6.45, 7) is 4.39. The van der Waals surface area contributed by atoms with Crippen molar-refractivity contribution in [2.45, 2.75) is 19.3 Å². The van der Waals surface area contributed by atoms with Crippen molar-refractivity contribution in [1.82, 2.24) is 14.9 Å². The monoisotopic (exact) mass is 313 g/mol. The fourth-order valence-corrected chi connectivity index (χ4v) is 3.22. The van der Waals surface area contributed by atoms with Crippen molar-refractivity contribution < 1.29 is 14.3 Å². The Morgan fingerprint density at radius 1 is 1.35 bits per heavy atom. The molecule has 2 aromatic rings. The molecule has 1 fully saturated rings. The van der Waals surface area contributed by atoms with E-state index >= 15 is 0 Å². The van der Waals surface area contributed by atoms with Gasteiger partial charge in [0.2, 0.25) is 0 Å².